The lowest BCUT2D eigenvalue weighted by Gasteiger charge is -2.30. The summed E-state index contributed by atoms with van der Waals surface area (Å²) in [5, 5.41) is 1.84. The minimum Gasteiger partial charge on any atom is -0.497 e. The number of alkyl halides is 2. The van der Waals surface area contributed by atoms with Crippen LogP contribution in [0.4, 0.5) is 8.78 Å². The van der Waals surface area contributed by atoms with Crippen LogP contribution in [0.3, 0.4) is 0 Å². The Morgan fingerprint density at radius 2 is 2.04 bits per heavy atom. The largest absolute Gasteiger partial charge is 0.497 e. The lowest BCUT2D eigenvalue weighted by atomic mass is 9.99. The van der Waals surface area contributed by atoms with Gasteiger partial charge in [-0.05, 0) is 35.6 Å². The number of hydrogen-bond donors (Lipinski definition) is 0. The maximum atomic E-state index is 13.5. The van der Waals surface area contributed by atoms with Crippen molar-refractivity contribution in [1.82, 2.24) is 4.90 Å². The molecule has 2 aromatic rings. The zero-order valence-corrected chi connectivity index (χ0v) is 14.7. The van der Waals surface area contributed by atoms with E-state index in [4.69, 9.17) is 4.74 Å². The topological polar surface area (TPSA) is 29.5 Å². The molecule has 0 atom stereocenters. The maximum absolute atomic E-state index is 13.5. The van der Waals surface area contributed by atoms with Gasteiger partial charge in [0.05, 0.1) is 18.5 Å². The molecule has 0 saturated carbocycles. The summed E-state index contributed by atoms with van der Waals surface area (Å²) in [5.41, 5.74) is 1.59. The van der Waals surface area contributed by atoms with Gasteiger partial charge in [-0.3, -0.25) is 4.79 Å². The van der Waals surface area contributed by atoms with Gasteiger partial charge >= 0.3 is 0 Å². The van der Waals surface area contributed by atoms with Crippen LogP contribution in [0, 0.1) is 0 Å². The maximum Gasteiger partial charge on any atom is 0.268 e. The van der Waals surface area contributed by atoms with Crippen LogP contribution in [0.2, 0.25) is 0 Å². The standard InChI is InChI=1S/C19H19F2NO2S/c1-24-16-6-4-14(5-7-16)13-22(18(23)17-3-2-12-25-17)15-8-10-19(20,21)11-9-15/h2-8,12H,9-11,13H2,1H3. The highest BCUT2D eigenvalue weighted by atomic mass is 32.1. The van der Waals surface area contributed by atoms with E-state index in [0.717, 1.165) is 11.3 Å². The van der Waals surface area contributed by atoms with Crippen LogP contribution < -0.4 is 4.74 Å². The number of benzene rings is 1. The van der Waals surface area contributed by atoms with E-state index in [9.17, 15) is 13.6 Å². The summed E-state index contributed by atoms with van der Waals surface area (Å²) in [5.74, 6) is -2.10. The Morgan fingerprint density at radius 1 is 1.28 bits per heavy atom. The van der Waals surface area contributed by atoms with E-state index in [1.165, 1.54) is 17.4 Å². The molecule has 3 rings (SSSR count). The summed E-state index contributed by atoms with van der Waals surface area (Å²) >= 11 is 1.35. The molecule has 25 heavy (non-hydrogen) atoms. The fourth-order valence-electron chi connectivity index (χ4n) is 2.78. The molecule has 0 bridgehead atoms. The number of carbonyl (C=O) groups excluding carboxylic acids is 1. The third-order valence-electron chi connectivity index (χ3n) is 4.21. The first-order valence-corrected chi connectivity index (χ1v) is 8.92. The van der Waals surface area contributed by atoms with Crippen LogP contribution in [0.5, 0.6) is 5.75 Å². The average Bonchev–Trinajstić information content (AvgIpc) is 3.15. The second kappa shape index (κ2) is 7.35. The van der Waals surface area contributed by atoms with E-state index in [1.807, 2.05) is 35.7 Å². The average molecular weight is 363 g/mol. The molecule has 1 amide bonds. The van der Waals surface area contributed by atoms with E-state index in [-0.39, 0.29) is 25.2 Å². The Balaban J connectivity index is 1.86. The second-order valence-corrected chi connectivity index (χ2v) is 6.92. The van der Waals surface area contributed by atoms with Crippen molar-refractivity contribution in [2.45, 2.75) is 31.7 Å². The minimum atomic E-state index is -2.68. The zero-order chi connectivity index (χ0) is 17.9. The molecule has 1 aromatic heterocycles. The number of methoxy groups -OCH3 is 1. The molecule has 1 aliphatic carbocycles. The smallest absolute Gasteiger partial charge is 0.268 e. The van der Waals surface area contributed by atoms with Crippen molar-refractivity contribution in [2.75, 3.05) is 7.11 Å². The van der Waals surface area contributed by atoms with Crippen LogP contribution in [0.1, 0.15) is 34.5 Å². The molecule has 1 aliphatic rings. The number of halogens is 2. The molecule has 0 N–H and O–H groups in total. The van der Waals surface area contributed by atoms with Crippen molar-refractivity contribution in [3.05, 3.63) is 64.0 Å². The van der Waals surface area contributed by atoms with Crippen LogP contribution in [0.15, 0.2) is 53.6 Å². The van der Waals surface area contributed by atoms with Gasteiger partial charge in [-0.2, -0.15) is 0 Å². The van der Waals surface area contributed by atoms with Crippen molar-refractivity contribution >= 4 is 17.2 Å². The highest BCUT2D eigenvalue weighted by molar-refractivity contribution is 7.12. The van der Waals surface area contributed by atoms with E-state index < -0.39 is 5.92 Å². The molecular weight excluding hydrogens is 344 g/mol. The molecule has 0 radical (unpaired) electrons. The van der Waals surface area contributed by atoms with E-state index in [2.05, 4.69) is 0 Å². The number of carbonyl (C=O) groups is 1. The Kier molecular flexibility index (Phi) is 5.18. The lowest BCUT2D eigenvalue weighted by molar-refractivity contribution is -0.0118. The fraction of sp³-hybridized carbons (Fsp3) is 0.316. The molecule has 6 heteroatoms. The predicted molar refractivity (Wildman–Crippen MR) is 94.1 cm³/mol. The van der Waals surface area contributed by atoms with Crippen LogP contribution in [0.25, 0.3) is 0 Å². The van der Waals surface area contributed by atoms with Gasteiger partial charge in [-0.15, -0.1) is 11.3 Å². The van der Waals surface area contributed by atoms with Crippen molar-refractivity contribution in [1.29, 1.82) is 0 Å². The van der Waals surface area contributed by atoms with Crippen LogP contribution in [-0.4, -0.2) is 23.8 Å². The van der Waals surface area contributed by atoms with Gasteiger partial charge in [0.1, 0.15) is 5.75 Å². The molecule has 1 heterocycles. The van der Waals surface area contributed by atoms with Crippen molar-refractivity contribution in [2.24, 2.45) is 0 Å². The molecule has 0 fully saturated rings. The molecule has 0 unspecified atom stereocenters. The van der Waals surface area contributed by atoms with Crippen LogP contribution >= 0.6 is 11.3 Å². The summed E-state index contributed by atoms with van der Waals surface area (Å²) in [6, 6.07) is 11.0. The quantitative estimate of drug-likeness (QED) is 0.739. The van der Waals surface area contributed by atoms with Gasteiger partial charge in [0, 0.05) is 18.5 Å². The third kappa shape index (κ3) is 4.25. The summed E-state index contributed by atoms with van der Waals surface area (Å²) in [6.07, 6.45) is 1.15. The predicted octanol–water partition coefficient (Wildman–Crippen LogP) is 5.10. The van der Waals surface area contributed by atoms with Crippen molar-refractivity contribution < 1.29 is 18.3 Å². The first-order chi connectivity index (χ1) is 12.0. The molecule has 0 aliphatic heterocycles. The lowest BCUT2D eigenvalue weighted by Crippen LogP contribution is -2.32. The first kappa shape index (κ1) is 17.6. The summed E-state index contributed by atoms with van der Waals surface area (Å²) < 4.78 is 32.1. The van der Waals surface area contributed by atoms with Gasteiger partial charge in [-0.25, -0.2) is 8.78 Å². The first-order valence-electron chi connectivity index (χ1n) is 8.04. The third-order valence-corrected chi connectivity index (χ3v) is 5.06. The van der Waals surface area contributed by atoms with Gasteiger partial charge < -0.3 is 9.64 Å². The van der Waals surface area contributed by atoms with E-state index >= 15 is 0 Å². The molecule has 132 valence electrons. The second-order valence-electron chi connectivity index (χ2n) is 5.97. The number of rotatable bonds is 5. The number of nitrogens with zero attached hydrogens (tertiary/aromatic N) is 1. The van der Waals surface area contributed by atoms with Gasteiger partial charge in [0.15, 0.2) is 0 Å². The number of thiophene rings is 1. The van der Waals surface area contributed by atoms with E-state index in [1.54, 1.807) is 18.1 Å². The molecule has 1 aromatic carbocycles. The Labute approximate surface area is 149 Å². The normalized spacial score (nSPS) is 16.2. The Morgan fingerprint density at radius 3 is 2.60 bits per heavy atom. The fourth-order valence-corrected chi connectivity index (χ4v) is 3.45. The number of ether oxygens (including phenoxy) is 1. The monoisotopic (exact) mass is 363 g/mol. The highest BCUT2D eigenvalue weighted by Gasteiger charge is 2.33. The molecule has 3 nitrogen and oxygen atoms in total. The SMILES string of the molecule is COc1ccc(CN(C(=O)c2cccs2)C2=CCC(F)(F)CC2)cc1. The highest BCUT2D eigenvalue weighted by Crippen LogP contribution is 2.34. The summed E-state index contributed by atoms with van der Waals surface area (Å²) in [6.45, 7) is 0.345. The number of allylic oxidation sites excluding steroid dienone is 2. The number of amides is 1. The van der Waals surface area contributed by atoms with Crippen LogP contribution in [-0.2, 0) is 6.54 Å². The van der Waals surface area contributed by atoms with Gasteiger partial charge in [0.2, 0.25) is 0 Å². The molecular formula is C19H19F2NO2S. The van der Waals surface area contributed by atoms with Crippen molar-refractivity contribution in [3.63, 3.8) is 0 Å². The molecule has 0 saturated heterocycles. The number of hydrogen-bond acceptors (Lipinski definition) is 3. The summed E-state index contributed by atoms with van der Waals surface area (Å²) in [4.78, 5) is 15.1. The van der Waals surface area contributed by atoms with E-state index in [0.29, 0.717) is 17.1 Å². The minimum absolute atomic E-state index is 0.151. The van der Waals surface area contributed by atoms with Gasteiger partial charge in [-0.1, -0.05) is 24.3 Å². The Hall–Kier alpha value is -2.21. The Bertz CT molecular complexity index is 754. The molecule has 0 spiro atoms. The van der Waals surface area contributed by atoms with Gasteiger partial charge in [0.25, 0.3) is 11.8 Å². The summed E-state index contributed by atoms with van der Waals surface area (Å²) in [7, 11) is 1.59. The zero-order valence-electron chi connectivity index (χ0n) is 13.9. The van der Waals surface area contributed by atoms with Crippen molar-refractivity contribution in [3.8, 4) is 5.75 Å².